The molecule has 0 fully saturated rings. The summed E-state index contributed by atoms with van der Waals surface area (Å²) in [5, 5.41) is 9.38. The van der Waals surface area contributed by atoms with Crippen LogP contribution < -0.4 is 9.64 Å². The molecule has 1 atom stereocenters. The third-order valence-corrected chi connectivity index (χ3v) is 6.03. The van der Waals surface area contributed by atoms with E-state index >= 15 is 0 Å². The summed E-state index contributed by atoms with van der Waals surface area (Å²) in [6.07, 6.45) is 0.886. The molecule has 3 aromatic rings. The summed E-state index contributed by atoms with van der Waals surface area (Å²) in [5.74, 6) is -0.0103. The van der Waals surface area contributed by atoms with Crippen molar-refractivity contribution in [2.75, 3.05) is 18.6 Å². The Morgan fingerprint density at radius 3 is 2.58 bits per heavy atom. The van der Waals surface area contributed by atoms with Gasteiger partial charge in [0.15, 0.2) is 0 Å². The van der Waals surface area contributed by atoms with Gasteiger partial charge in [-0.25, -0.2) is 4.79 Å². The molecule has 5 nitrogen and oxygen atoms in total. The van der Waals surface area contributed by atoms with Crippen molar-refractivity contribution in [2.24, 2.45) is 0 Å². The lowest BCUT2D eigenvalue weighted by Gasteiger charge is -2.28. The van der Waals surface area contributed by atoms with E-state index in [1.165, 1.54) is 24.4 Å². The number of anilines is 2. The van der Waals surface area contributed by atoms with Crippen LogP contribution in [-0.4, -0.2) is 29.7 Å². The van der Waals surface area contributed by atoms with Crippen molar-refractivity contribution in [3.8, 4) is 5.75 Å². The third-order valence-electron chi connectivity index (χ3n) is 6.03. The van der Waals surface area contributed by atoms with Crippen molar-refractivity contribution in [2.45, 2.75) is 31.4 Å². The number of rotatable bonds is 6. The van der Waals surface area contributed by atoms with Crippen LogP contribution >= 0.6 is 0 Å². The van der Waals surface area contributed by atoms with E-state index in [0.717, 1.165) is 42.0 Å². The second kappa shape index (κ2) is 9.13. The standard InChI is InChI=1S/C25H23F3N2O3/c1-30(19-6-4-18(5-7-19)25(26,27)28)20-8-9-21-16(11-13-33-23(21)14-20)2-3-17-15-29-12-10-22(17)24(31)32/h4-10,12,14-16H,2-3,11,13H2,1H3,(H,31,32)/t16-/m1/s1. The summed E-state index contributed by atoms with van der Waals surface area (Å²) < 4.78 is 44.4. The van der Waals surface area contributed by atoms with Gasteiger partial charge in [-0.2, -0.15) is 13.2 Å². The number of hydrogen-bond acceptors (Lipinski definition) is 4. The quantitative estimate of drug-likeness (QED) is 0.488. The minimum Gasteiger partial charge on any atom is -0.493 e. The molecule has 1 aromatic heterocycles. The van der Waals surface area contributed by atoms with Crippen molar-refractivity contribution < 1.29 is 27.8 Å². The maximum Gasteiger partial charge on any atom is 0.416 e. The van der Waals surface area contributed by atoms with Gasteiger partial charge in [0.25, 0.3) is 0 Å². The van der Waals surface area contributed by atoms with Crippen LogP contribution in [-0.2, 0) is 12.6 Å². The minimum absolute atomic E-state index is 0.209. The summed E-state index contributed by atoms with van der Waals surface area (Å²) in [5.41, 5.74) is 2.77. The van der Waals surface area contributed by atoms with Crippen molar-refractivity contribution >= 4 is 17.3 Å². The molecule has 172 valence electrons. The third kappa shape index (κ3) is 4.94. The van der Waals surface area contributed by atoms with Gasteiger partial charge in [-0.1, -0.05) is 6.07 Å². The molecule has 0 unspecified atom stereocenters. The number of alkyl halides is 3. The molecule has 1 aliphatic rings. The van der Waals surface area contributed by atoms with Crippen LogP contribution in [0.15, 0.2) is 60.9 Å². The maximum atomic E-state index is 12.8. The Labute approximate surface area is 189 Å². The summed E-state index contributed by atoms with van der Waals surface area (Å²) >= 11 is 0. The van der Waals surface area contributed by atoms with Crippen LogP contribution in [0.3, 0.4) is 0 Å². The smallest absolute Gasteiger partial charge is 0.416 e. The first-order valence-corrected chi connectivity index (χ1v) is 10.6. The zero-order valence-electron chi connectivity index (χ0n) is 18.0. The average Bonchev–Trinajstić information content (AvgIpc) is 2.81. The fourth-order valence-corrected chi connectivity index (χ4v) is 4.15. The van der Waals surface area contributed by atoms with Crippen LogP contribution in [0.4, 0.5) is 24.5 Å². The molecule has 0 amide bonds. The normalized spacial score (nSPS) is 15.5. The van der Waals surface area contributed by atoms with Crippen LogP contribution in [0.1, 0.15) is 45.8 Å². The first-order chi connectivity index (χ1) is 15.7. The topological polar surface area (TPSA) is 62.7 Å². The highest BCUT2D eigenvalue weighted by molar-refractivity contribution is 5.89. The Hall–Kier alpha value is -3.55. The Kier molecular flexibility index (Phi) is 6.26. The molecule has 2 heterocycles. The first-order valence-electron chi connectivity index (χ1n) is 10.6. The van der Waals surface area contributed by atoms with Gasteiger partial charge >= 0.3 is 12.1 Å². The van der Waals surface area contributed by atoms with Gasteiger partial charge in [-0.15, -0.1) is 0 Å². The Balaban J connectivity index is 1.51. The molecule has 0 saturated heterocycles. The Bertz CT molecular complexity index is 1150. The van der Waals surface area contributed by atoms with Gasteiger partial charge in [-0.3, -0.25) is 4.98 Å². The Morgan fingerprint density at radius 1 is 1.15 bits per heavy atom. The molecule has 0 aliphatic carbocycles. The van der Waals surface area contributed by atoms with Crippen molar-refractivity contribution in [3.05, 3.63) is 83.2 Å². The molecule has 0 radical (unpaired) electrons. The van der Waals surface area contributed by atoms with Crippen molar-refractivity contribution in [3.63, 3.8) is 0 Å². The number of hydrogen-bond donors (Lipinski definition) is 1. The number of aromatic carboxylic acids is 1. The van der Waals surface area contributed by atoms with Crippen molar-refractivity contribution in [1.82, 2.24) is 4.98 Å². The van der Waals surface area contributed by atoms with E-state index in [1.807, 2.05) is 23.1 Å². The van der Waals surface area contributed by atoms with Crippen LogP contribution in [0, 0.1) is 0 Å². The molecule has 2 aromatic carbocycles. The highest BCUT2D eigenvalue weighted by Crippen LogP contribution is 2.40. The van der Waals surface area contributed by atoms with Crippen LogP contribution in [0.5, 0.6) is 5.75 Å². The van der Waals surface area contributed by atoms with Crippen molar-refractivity contribution in [1.29, 1.82) is 0 Å². The number of carbonyl (C=O) groups is 1. The number of benzene rings is 2. The summed E-state index contributed by atoms with van der Waals surface area (Å²) in [7, 11) is 1.79. The predicted molar refractivity (Wildman–Crippen MR) is 118 cm³/mol. The highest BCUT2D eigenvalue weighted by atomic mass is 19.4. The van der Waals surface area contributed by atoms with E-state index in [-0.39, 0.29) is 11.5 Å². The number of carboxylic acid groups (broad SMARTS) is 1. The summed E-state index contributed by atoms with van der Waals surface area (Å²) in [4.78, 5) is 17.3. The molecule has 8 heteroatoms. The number of ether oxygens (including phenoxy) is 1. The van der Waals surface area contributed by atoms with Gasteiger partial charge in [0.05, 0.1) is 17.7 Å². The molecule has 0 spiro atoms. The van der Waals surface area contributed by atoms with Gasteiger partial charge in [0.1, 0.15) is 5.75 Å². The highest BCUT2D eigenvalue weighted by Gasteiger charge is 2.30. The number of fused-ring (bicyclic) bond motifs is 1. The number of carboxylic acids is 1. The average molecular weight is 456 g/mol. The van der Waals surface area contributed by atoms with Gasteiger partial charge in [0, 0.05) is 36.9 Å². The van der Waals surface area contributed by atoms with E-state index in [9.17, 15) is 23.1 Å². The number of halogens is 3. The molecular weight excluding hydrogens is 433 g/mol. The van der Waals surface area contributed by atoms with Crippen LogP contribution in [0.25, 0.3) is 0 Å². The van der Waals surface area contributed by atoms with E-state index in [0.29, 0.717) is 24.3 Å². The summed E-state index contributed by atoms with van der Waals surface area (Å²) in [6, 6.07) is 12.3. The van der Waals surface area contributed by atoms with E-state index < -0.39 is 17.7 Å². The molecule has 0 bridgehead atoms. The molecule has 0 saturated carbocycles. The first kappa shape index (κ1) is 22.6. The molecule has 4 rings (SSSR count). The van der Waals surface area contributed by atoms with E-state index in [2.05, 4.69) is 4.98 Å². The van der Waals surface area contributed by atoms with Gasteiger partial charge in [-0.05, 0) is 72.7 Å². The largest absolute Gasteiger partial charge is 0.493 e. The second-order valence-corrected chi connectivity index (χ2v) is 8.04. The molecule has 33 heavy (non-hydrogen) atoms. The van der Waals surface area contributed by atoms with E-state index in [4.69, 9.17) is 4.74 Å². The number of nitrogens with zero attached hydrogens (tertiary/aromatic N) is 2. The minimum atomic E-state index is -4.37. The Morgan fingerprint density at radius 2 is 1.88 bits per heavy atom. The fraction of sp³-hybridized carbons (Fsp3) is 0.280. The second-order valence-electron chi connectivity index (χ2n) is 8.04. The molecule has 1 aliphatic heterocycles. The number of aryl methyl sites for hydroxylation is 1. The zero-order valence-corrected chi connectivity index (χ0v) is 18.0. The van der Waals surface area contributed by atoms with Gasteiger partial charge in [0.2, 0.25) is 0 Å². The molecular formula is C25H23F3N2O3. The number of pyridine rings is 1. The SMILES string of the molecule is CN(c1ccc(C(F)(F)F)cc1)c1ccc2c(c1)OCC[C@H]2CCc1cnccc1C(=O)O. The van der Waals surface area contributed by atoms with Gasteiger partial charge < -0.3 is 14.7 Å². The van der Waals surface area contributed by atoms with Crippen LogP contribution in [0.2, 0.25) is 0 Å². The lowest BCUT2D eigenvalue weighted by molar-refractivity contribution is -0.137. The molecule has 1 N–H and O–H groups in total. The van der Waals surface area contributed by atoms with E-state index in [1.54, 1.807) is 13.2 Å². The zero-order chi connectivity index (χ0) is 23.6. The maximum absolute atomic E-state index is 12.8. The number of aromatic nitrogens is 1. The summed E-state index contributed by atoms with van der Waals surface area (Å²) in [6.45, 7) is 0.546. The predicted octanol–water partition coefficient (Wildman–Crippen LogP) is 6.07. The lowest BCUT2D eigenvalue weighted by Crippen LogP contribution is -2.17. The lowest BCUT2D eigenvalue weighted by atomic mass is 9.87. The fourth-order valence-electron chi connectivity index (χ4n) is 4.15. The monoisotopic (exact) mass is 456 g/mol.